The SMILES string of the molecule is Cc1ccc2oc3ccc(-c4cccc(-n5c6ccccc6c6ccc7sc8ccccc8c7c65)c4)cc3c2c1. The Morgan fingerprint density at radius 1 is 0.550 bits per heavy atom. The summed E-state index contributed by atoms with van der Waals surface area (Å²) in [4.78, 5) is 0. The Balaban J connectivity index is 1.33. The number of furan rings is 1. The lowest BCUT2D eigenvalue weighted by molar-refractivity contribution is 0.669. The molecule has 0 amide bonds. The highest BCUT2D eigenvalue weighted by Gasteiger charge is 2.18. The van der Waals surface area contributed by atoms with Crippen LogP contribution in [-0.4, -0.2) is 4.57 Å². The van der Waals surface area contributed by atoms with Crippen LogP contribution < -0.4 is 0 Å². The molecule has 0 bridgehead atoms. The minimum atomic E-state index is 0.926. The largest absolute Gasteiger partial charge is 0.456 e. The number of benzene rings is 6. The van der Waals surface area contributed by atoms with Gasteiger partial charge in [0.25, 0.3) is 0 Å². The topological polar surface area (TPSA) is 18.1 Å². The second kappa shape index (κ2) is 8.08. The van der Waals surface area contributed by atoms with Gasteiger partial charge in [-0.25, -0.2) is 0 Å². The van der Waals surface area contributed by atoms with Gasteiger partial charge < -0.3 is 8.98 Å². The van der Waals surface area contributed by atoms with E-state index in [2.05, 4.69) is 133 Å². The van der Waals surface area contributed by atoms with Gasteiger partial charge in [0.1, 0.15) is 11.2 Å². The molecule has 3 heteroatoms. The summed E-state index contributed by atoms with van der Waals surface area (Å²) in [5, 5.41) is 7.55. The average molecular weight is 530 g/mol. The van der Waals surface area contributed by atoms with E-state index in [1.807, 2.05) is 11.3 Å². The Morgan fingerprint density at radius 3 is 2.25 bits per heavy atom. The van der Waals surface area contributed by atoms with Crippen LogP contribution in [0.15, 0.2) is 126 Å². The highest BCUT2D eigenvalue weighted by Crippen LogP contribution is 2.43. The van der Waals surface area contributed by atoms with Gasteiger partial charge in [-0.15, -0.1) is 11.3 Å². The summed E-state index contributed by atoms with van der Waals surface area (Å²) in [5.41, 5.74) is 9.14. The first kappa shape index (κ1) is 22.0. The third-order valence-electron chi connectivity index (χ3n) is 8.24. The minimum Gasteiger partial charge on any atom is -0.456 e. The fraction of sp³-hybridized carbons (Fsp3) is 0.0270. The molecule has 9 rings (SSSR count). The zero-order valence-corrected chi connectivity index (χ0v) is 22.6. The van der Waals surface area contributed by atoms with E-state index in [0.717, 1.165) is 16.6 Å². The van der Waals surface area contributed by atoms with E-state index in [4.69, 9.17) is 4.42 Å². The monoisotopic (exact) mass is 529 g/mol. The molecule has 40 heavy (non-hydrogen) atoms. The highest BCUT2D eigenvalue weighted by molar-refractivity contribution is 7.26. The molecule has 0 fully saturated rings. The number of thiophene rings is 1. The Hall–Kier alpha value is -4.86. The quantitative estimate of drug-likeness (QED) is 0.218. The number of nitrogens with zero attached hydrogens (tertiary/aromatic N) is 1. The van der Waals surface area contributed by atoms with E-state index >= 15 is 0 Å². The summed E-state index contributed by atoms with van der Waals surface area (Å²) in [6.45, 7) is 2.13. The zero-order chi connectivity index (χ0) is 26.4. The molecule has 2 nitrogen and oxygen atoms in total. The van der Waals surface area contributed by atoms with E-state index in [0.29, 0.717) is 0 Å². The molecule has 0 N–H and O–H groups in total. The molecule has 188 valence electrons. The first-order valence-electron chi connectivity index (χ1n) is 13.6. The predicted octanol–water partition coefficient (Wildman–Crippen LogP) is 11.0. The lowest BCUT2D eigenvalue weighted by Gasteiger charge is -2.11. The first-order chi connectivity index (χ1) is 19.7. The third kappa shape index (κ3) is 3.04. The molecule has 0 unspecified atom stereocenters. The smallest absolute Gasteiger partial charge is 0.135 e. The maximum Gasteiger partial charge on any atom is 0.135 e. The molecule has 0 aliphatic heterocycles. The van der Waals surface area contributed by atoms with Crippen molar-refractivity contribution in [2.45, 2.75) is 6.92 Å². The number of hydrogen-bond acceptors (Lipinski definition) is 2. The number of aryl methyl sites for hydroxylation is 1. The van der Waals surface area contributed by atoms with Crippen LogP contribution in [0.25, 0.3) is 80.7 Å². The first-order valence-corrected chi connectivity index (χ1v) is 14.4. The number of para-hydroxylation sites is 1. The van der Waals surface area contributed by atoms with Gasteiger partial charge in [-0.05, 0) is 72.6 Å². The molecular weight excluding hydrogens is 506 g/mol. The maximum absolute atomic E-state index is 6.14. The molecule has 3 aromatic heterocycles. The van der Waals surface area contributed by atoms with E-state index in [9.17, 15) is 0 Å². The molecule has 0 aliphatic carbocycles. The van der Waals surface area contributed by atoms with Gasteiger partial charge in [-0.3, -0.25) is 0 Å². The van der Waals surface area contributed by atoms with Crippen molar-refractivity contribution in [3.8, 4) is 16.8 Å². The Morgan fingerprint density at radius 2 is 1.32 bits per heavy atom. The van der Waals surface area contributed by atoms with Crippen molar-refractivity contribution in [2.75, 3.05) is 0 Å². The molecular formula is C37H23NOS. The van der Waals surface area contributed by atoms with Crippen molar-refractivity contribution < 1.29 is 4.42 Å². The Kier molecular flexibility index (Phi) is 4.44. The van der Waals surface area contributed by atoms with Crippen molar-refractivity contribution in [2.24, 2.45) is 0 Å². The molecule has 0 saturated heterocycles. The molecule has 0 aliphatic rings. The van der Waals surface area contributed by atoms with Crippen LogP contribution in [0.1, 0.15) is 5.56 Å². The molecule has 0 spiro atoms. The predicted molar refractivity (Wildman–Crippen MR) is 171 cm³/mol. The van der Waals surface area contributed by atoms with E-state index in [1.54, 1.807) is 0 Å². The molecule has 0 atom stereocenters. The average Bonchev–Trinajstić information content (AvgIpc) is 3.66. The number of aromatic nitrogens is 1. The van der Waals surface area contributed by atoms with Gasteiger partial charge in [0.2, 0.25) is 0 Å². The summed E-state index contributed by atoms with van der Waals surface area (Å²) in [5.74, 6) is 0. The summed E-state index contributed by atoms with van der Waals surface area (Å²) in [6, 6.07) is 44.1. The number of hydrogen-bond donors (Lipinski definition) is 0. The Labute approximate surface area is 234 Å². The van der Waals surface area contributed by atoms with Crippen LogP contribution in [0.5, 0.6) is 0 Å². The van der Waals surface area contributed by atoms with E-state index < -0.39 is 0 Å². The van der Waals surface area contributed by atoms with Crippen molar-refractivity contribution in [3.05, 3.63) is 127 Å². The summed E-state index contributed by atoms with van der Waals surface area (Å²) in [6.07, 6.45) is 0. The fourth-order valence-corrected chi connectivity index (χ4v) is 7.54. The minimum absolute atomic E-state index is 0.926. The lowest BCUT2D eigenvalue weighted by atomic mass is 10.0. The summed E-state index contributed by atoms with van der Waals surface area (Å²) >= 11 is 1.87. The van der Waals surface area contributed by atoms with Gasteiger partial charge in [0, 0.05) is 47.4 Å². The number of rotatable bonds is 2. The van der Waals surface area contributed by atoms with E-state index in [1.165, 1.54) is 69.7 Å². The molecule has 3 heterocycles. The normalized spacial score (nSPS) is 12.1. The van der Waals surface area contributed by atoms with Gasteiger partial charge >= 0.3 is 0 Å². The van der Waals surface area contributed by atoms with Crippen LogP contribution in [-0.2, 0) is 0 Å². The third-order valence-corrected chi connectivity index (χ3v) is 9.37. The Bertz CT molecular complexity index is 2450. The van der Waals surface area contributed by atoms with Crippen LogP contribution in [0, 0.1) is 6.92 Å². The second-order valence-electron chi connectivity index (χ2n) is 10.6. The molecule has 9 aromatic rings. The van der Waals surface area contributed by atoms with Crippen LogP contribution in [0.2, 0.25) is 0 Å². The van der Waals surface area contributed by atoms with Gasteiger partial charge in [-0.1, -0.05) is 72.3 Å². The van der Waals surface area contributed by atoms with Crippen LogP contribution in [0.3, 0.4) is 0 Å². The van der Waals surface area contributed by atoms with E-state index in [-0.39, 0.29) is 0 Å². The van der Waals surface area contributed by atoms with Crippen molar-refractivity contribution in [3.63, 3.8) is 0 Å². The standard InChI is InChI=1S/C37H23NOS/c1-22-13-16-32-29(19-22)30-21-24(14-17-33(30)39-32)23-7-6-8-25(20-23)38-31-11-4-2-9-26(31)27-15-18-35-36(37(27)38)28-10-3-5-12-34(28)40-35/h2-21H,1H3. The van der Waals surface area contributed by atoms with Crippen molar-refractivity contribution in [1.82, 2.24) is 4.57 Å². The zero-order valence-electron chi connectivity index (χ0n) is 21.8. The lowest BCUT2D eigenvalue weighted by Crippen LogP contribution is -1.94. The van der Waals surface area contributed by atoms with Crippen molar-refractivity contribution >= 4 is 75.3 Å². The molecule has 6 aromatic carbocycles. The molecule has 0 radical (unpaired) electrons. The number of fused-ring (bicyclic) bond motifs is 10. The fourth-order valence-electron chi connectivity index (χ4n) is 6.43. The molecule has 0 saturated carbocycles. The summed E-state index contributed by atoms with van der Waals surface area (Å²) < 4.78 is 11.3. The van der Waals surface area contributed by atoms with Crippen molar-refractivity contribution in [1.29, 1.82) is 0 Å². The summed E-state index contributed by atoms with van der Waals surface area (Å²) in [7, 11) is 0. The second-order valence-corrected chi connectivity index (χ2v) is 11.7. The highest BCUT2D eigenvalue weighted by atomic mass is 32.1. The van der Waals surface area contributed by atoms with Gasteiger partial charge in [0.05, 0.1) is 11.0 Å². The maximum atomic E-state index is 6.14. The van der Waals surface area contributed by atoms with Crippen LogP contribution >= 0.6 is 11.3 Å². The van der Waals surface area contributed by atoms with Gasteiger partial charge in [0.15, 0.2) is 0 Å². The van der Waals surface area contributed by atoms with Crippen LogP contribution in [0.4, 0.5) is 0 Å². The van der Waals surface area contributed by atoms with Gasteiger partial charge in [-0.2, -0.15) is 0 Å².